The first-order chi connectivity index (χ1) is 14.6. The van der Waals surface area contributed by atoms with E-state index in [1.165, 1.54) is 43.4 Å². The Balaban J connectivity index is 2.69. The summed E-state index contributed by atoms with van der Waals surface area (Å²) in [6.45, 7) is 3.44. The number of sulfone groups is 1. The van der Waals surface area contributed by atoms with Crippen molar-refractivity contribution in [3.8, 4) is 11.5 Å². The maximum atomic E-state index is 13.1. The normalized spacial score (nSPS) is 20.3. The van der Waals surface area contributed by atoms with Crippen LogP contribution >= 0.6 is 0 Å². The summed E-state index contributed by atoms with van der Waals surface area (Å²) in [6, 6.07) is 2.92. The van der Waals surface area contributed by atoms with Gasteiger partial charge in [0.1, 0.15) is 9.84 Å². The van der Waals surface area contributed by atoms with Crippen molar-refractivity contribution < 1.29 is 32.6 Å². The molecule has 1 aromatic rings. The first-order valence-corrected chi connectivity index (χ1v) is 11.4. The lowest BCUT2D eigenvalue weighted by molar-refractivity contribution is -0.141. The summed E-state index contributed by atoms with van der Waals surface area (Å²) in [6.07, 6.45) is 6.79. The number of imide groups is 1. The number of carbonyl (C=O) groups excluding carboxylic acids is 3. The smallest absolute Gasteiger partial charge is 0.256 e. The summed E-state index contributed by atoms with van der Waals surface area (Å²) >= 11 is 0. The van der Waals surface area contributed by atoms with E-state index in [0.29, 0.717) is 6.41 Å². The highest BCUT2D eigenvalue weighted by Crippen LogP contribution is 2.33. The van der Waals surface area contributed by atoms with Crippen LogP contribution in [-0.4, -0.2) is 55.3 Å². The molecule has 0 aromatic heterocycles. The monoisotopic (exact) mass is 448 g/mol. The van der Waals surface area contributed by atoms with E-state index in [1.807, 2.05) is 0 Å². The highest BCUT2D eigenvalue weighted by atomic mass is 32.2. The van der Waals surface area contributed by atoms with Crippen LogP contribution in [0.5, 0.6) is 11.5 Å². The summed E-state index contributed by atoms with van der Waals surface area (Å²) in [4.78, 5) is 37.9. The second kappa shape index (κ2) is 10.1. The third-order valence-corrected chi connectivity index (χ3v) is 5.28. The third kappa shape index (κ3) is 6.29. The number of ether oxygens (including phenoxy) is 1. The number of nitrogens with one attached hydrogen (secondary N) is 1. The van der Waals surface area contributed by atoms with Gasteiger partial charge in [-0.15, -0.1) is 0 Å². The second-order valence-electron chi connectivity index (χ2n) is 6.85. The molecule has 0 bridgehead atoms. The van der Waals surface area contributed by atoms with Crippen LogP contribution in [0, 0.1) is 0 Å². The van der Waals surface area contributed by atoms with E-state index in [4.69, 9.17) is 4.74 Å². The average molecular weight is 448 g/mol. The van der Waals surface area contributed by atoms with Crippen molar-refractivity contribution in [2.24, 2.45) is 0 Å². The molecule has 31 heavy (non-hydrogen) atoms. The number of benzene rings is 1. The summed E-state index contributed by atoms with van der Waals surface area (Å²) in [5.41, 5.74) is 0.599. The van der Waals surface area contributed by atoms with E-state index in [1.54, 1.807) is 6.92 Å². The molecule has 166 valence electrons. The minimum atomic E-state index is -3.65. The number of phenolic OH excluding ortho intramolecular Hbond substituents is 1. The maximum absolute atomic E-state index is 13.1. The van der Waals surface area contributed by atoms with Crippen molar-refractivity contribution in [2.45, 2.75) is 19.9 Å². The first-order valence-electron chi connectivity index (χ1n) is 9.35. The molecular formula is C21H24N2O7S. The van der Waals surface area contributed by atoms with Crippen molar-refractivity contribution in [3.63, 3.8) is 0 Å². The highest BCUT2D eigenvalue weighted by molar-refractivity contribution is 7.90. The van der Waals surface area contributed by atoms with Crippen LogP contribution < -0.4 is 10.1 Å². The zero-order chi connectivity index (χ0) is 23.2. The largest absolute Gasteiger partial charge is 0.504 e. The molecular weight excluding hydrogens is 424 g/mol. The zero-order valence-corrected chi connectivity index (χ0v) is 18.2. The van der Waals surface area contributed by atoms with Gasteiger partial charge in [0.25, 0.3) is 11.8 Å². The predicted octanol–water partition coefficient (Wildman–Crippen LogP) is 1.38. The van der Waals surface area contributed by atoms with Crippen molar-refractivity contribution in [3.05, 3.63) is 59.3 Å². The third-order valence-electron chi connectivity index (χ3n) is 4.36. The van der Waals surface area contributed by atoms with Gasteiger partial charge in [-0.25, -0.2) is 8.42 Å². The topological polar surface area (TPSA) is 130 Å². The van der Waals surface area contributed by atoms with Crippen molar-refractivity contribution in [1.29, 1.82) is 0 Å². The molecule has 2 N–H and O–H groups in total. The van der Waals surface area contributed by atoms with Crippen LogP contribution in [-0.2, 0) is 24.2 Å². The number of amides is 3. The molecule has 1 heterocycles. The molecule has 3 amide bonds. The SMILES string of the molecule is CCOc1cc(C(CS(C)(=O)=O)N2C(=O)/C=C(NC=O)/C=C\C=C(/C)C2=O)ccc1O. The van der Waals surface area contributed by atoms with Gasteiger partial charge in [-0.1, -0.05) is 18.2 Å². The Morgan fingerprint density at radius 1 is 1.29 bits per heavy atom. The van der Waals surface area contributed by atoms with Gasteiger partial charge in [0.2, 0.25) is 6.41 Å². The van der Waals surface area contributed by atoms with Gasteiger partial charge in [-0.2, -0.15) is 0 Å². The standard InChI is InChI=1S/C21H24N2O7S/c1-4-30-19-10-15(8-9-18(19)25)17(12-31(3,28)29)23-20(26)11-16(22-13-24)7-5-6-14(2)21(23)27/h5-11,13,17,25H,4,12H2,1-3H3,(H,22,24)/b7-5-,14-6+,16-11-. The van der Waals surface area contributed by atoms with Gasteiger partial charge in [0, 0.05) is 23.6 Å². The minimum absolute atomic E-state index is 0.0930. The molecule has 10 heteroatoms. The Morgan fingerprint density at radius 2 is 2.00 bits per heavy atom. The molecule has 0 aliphatic carbocycles. The zero-order valence-electron chi connectivity index (χ0n) is 17.4. The summed E-state index contributed by atoms with van der Waals surface area (Å²) in [5.74, 6) is -2.13. The van der Waals surface area contributed by atoms with Crippen LogP contribution in [0.2, 0.25) is 0 Å². The lowest BCUT2D eigenvalue weighted by Gasteiger charge is -2.30. The number of allylic oxidation sites excluding steroid dienone is 3. The Labute approximate surface area is 180 Å². The predicted molar refractivity (Wildman–Crippen MR) is 114 cm³/mol. The fourth-order valence-corrected chi connectivity index (χ4v) is 3.89. The van der Waals surface area contributed by atoms with Crippen LogP contribution in [0.1, 0.15) is 25.5 Å². The molecule has 9 nitrogen and oxygen atoms in total. The fraction of sp³-hybridized carbons (Fsp3) is 0.286. The van der Waals surface area contributed by atoms with E-state index < -0.39 is 33.4 Å². The van der Waals surface area contributed by atoms with Crippen LogP contribution in [0.25, 0.3) is 0 Å². The number of nitrogens with zero attached hydrogens (tertiary/aromatic N) is 1. The average Bonchev–Trinajstić information content (AvgIpc) is 2.72. The van der Waals surface area contributed by atoms with Gasteiger partial charge in [-0.05, 0) is 37.6 Å². The van der Waals surface area contributed by atoms with E-state index in [2.05, 4.69) is 5.32 Å². The minimum Gasteiger partial charge on any atom is -0.504 e. The van der Waals surface area contributed by atoms with E-state index in [9.17, 15) is 27.9 Å². The highest BCUT2D eigenvalue weighted by Gasteiger charge is 2.34. The number of hydrogen-bond acceptors (Lipinski definition) is 7. The molecule has 0 spiro atoms. The molecule has 0 radical (unpaired) electrons. The molecule has 1 aliphatic rings. The Morgan fingerprint density at radius 3 is 2.61 bits per heavy atom. The van der Waals surface area contributed by atoms with E-state index in [-0.39, 0.29) is 34.9 Å². The van der Waals surface area contributed by atoms with Gasteiger partial charge >= 0.3 is 0 Å². The van der Waals surface area contributed by atoms with Crippen LogP contribution in [0.3, 0.4) is 0 Å². The molecule has 1 aromatic carbocycles. The van der Waals surface area contributed by atoms with Gasteiger partial charge < -0.3 is 15.2 Å². The van der Waals surface area contributed by atoms with Crippen molar-refractivity contribution >= 4 is 28.1 Å². The molecule has 0 saturated carbocycles. The van der Waals surface area contributed by atoms with Crippen molar-refractivity contribution in [2.75, 3.05) is 18.6 Å². The second-order valence-corrected chi connectivity index (χ2v) is 9.04. The fourth-order valence-electron chi connectivity index (χ4n) is 2.98. The van der Waals surface area contributed by atoms with E-state index in [0.717, 1.165) is 17.2 Å². The molecule has 0 fully saturated rings. The molecule has 1 unspecified atom stereocenters. The Hall–Kier alpha value is -3.40. The Kier molecular flexibility index (Phi) is 7.76. The van der Waals surface area contributed by atoms with Crippen LogP contribution in [0.15, 0.2) is 53.8 Å². The Bertz CT molecular complexity index is 1070. The number of rotatable bonds is 8. The van der Waals surface area contributed by atoms with E-state index >= 15 is 0 Å². The summed E-state index contributed by atoms with van der Waals surface area (Å²) < 4.78 is 29.7. The molecule has 1 aliphatic heterocycles. The molecule has 1 atom stereocenters. The number of aromatic hydroxyl groups is 1. The summed E-state index contributed by atoms with van der Waals surface area (Å²) in [7, 11) is -3.65. The van der Waals surface area contributed by atoms with Gasteiger partial charge in [-0.3, -0.25) is 19.3 Å². The maximum Gasteiger partial charge on any atom is 0.256 e. The molecule has 2 rings (SSSR count). The number of phenols is 1. The number of hydrogen-bond donors (Lipinski definition) is 2. The quantitative estimate of drug-likeness (QED) is 0.454. The lowest BCUT2D eigenvalue weighted by Crippen LogP contribution is -2.42. The number of carbonyl (C=O) groups is 3. The van der Waals surface area contributed by atoms with Crippen molar-refractivity contribution in [1.82, 2.24) is 10.2 Å². The first kappa shape index (κ1) is 23.9. The van der Waals surface area contributed by atoms with Gasteiger partial charge in [0.05, 0.1) is 18.4 Å². The lowest BCUT2D eigenvalue weighted by atomic mass is 10.0. The summed E-state index contributed by atoms with van der Waals surface area (Å²) in [5, 5.41) is 12.3. The van der Waals surface area contributed by atoms with Gasteiger partial charge in [0.15, 0.2) is 11.5 Å². The molecule has 0 saturated heterocycles. The van der Waals surface area contributed by atoms with Crippen LogP contribution in [0.4, 0.5) is 0 Å².